The molecule has 0 saturated carbocycles. The Kier molecular flexibility index (Phi) is 15.7. The molecular weight excluding hydrogens is 664 g/mol. The smallest absolute Gasteiger partial charge is 0.329 e. The number of esters is 2. The fraction of sp³-hybridized carbons (Fsp3) is 0.650. The molecule has 0 spiro atoms. The number of terminal acetylenes is 1. The van der Waals surface area contributed by atoms with E-state index in [1.54, 1.807) is 34.6 Å². The molecule has 0 bridgehead atoms. The summed E-state index contributed by atoms with van der Waals surface area (Å²) in [4.78, 5) is 86.9. The molecule has 2 fully saturated rings. The summed E-state index contributed by atoms with van der Waals surface area (Å²) >= 11 is 0. The van der Waals surface area contributed by atoms with E-state index < -0.39 is 83.8 Å². The lowest BCUT2D eigenvalue weighted by Gasteiger charge is -2.35. The van der Waals surface area contributed by atoms with Crippen LogP contribution in [0.2, 0.25) is 0 Å². The van der Waals surface area contributed by atoms with Gasteiger partial charge in [-0.25, -0.2) is 9.59 Å². The first-order chi connectivity index (χ1) is 24.6. The van der Waals surface area contributed by atoms with E-state index in [2.05, 4.69) is 16.6 Å². The predicted octanol–water partition coefficient (Wildman–Crippen LogP) is 3.65. The van der Waals surface area contributed by atoms with Gasteiger partial charge in [0.2, 0.25) is 17.7 Å². The van der Waals surface area contributed by atoms with Gasteiger partial charge in [-0.2, -0.15) is 0 Å². The van der Waals surface area contributed by atoms with Gasteiger partial charge in [-0.15, -0.1) is 12.3 Å². The molecule has 2 heterocycles. The van der Waals surface area contributed by atoms with E-state index in [1.807, 2.05) is 44.2 Å². The van der Waals surface area contributed by atoms with Crippen LogP contribution >= 0.6 is 0 Å². The lowest BCUT2D eigenvalue weighted by atomic mass is 9.94. The van der Waals surface area contributed by atoms with Gasteiger partial charge in [0.05, 0.1) is 5.92 Å². The van der Waals surface area contributed by atoms with Crippen LogP contribution in [-0.2, 0) is 44.7 Å². The highest BCUT2D eigenvalue weighted by atomic mass is 16.6. The Balaban J connectivity index is 2.14. The van der Waals surface area contributed by atoms with Gasteiger partial charge >= 0.3 is 11.9 Å². The molecule has 52 heavy (non-hydrogen) atoms. The van der Waals surface area contributed by atoms with Crippen molar-refractivity contribution in [3.8, 4) is 12.3 Å². The maximum Gasteiger partial charge on any atom is 0.329 e. The number of benzene rings is 1. The molecule has 1 aromatic carbocycles. The third-order valence-corrected chi connectivity index (χ3v) is 10.3. The summed E-state index contributed by atoms with van der Waals surface area (Å²) in [7, 11) is 1.48. The minimum Gasteiger partial charge on any atom is -0.460 e. The first-order valence-electron chi connectivity index (χ1n) is 18.7. The highest BCUT2D eigenvalue weighted by Gasteiger charge is 2.44. The predicted molar refractivity (Wildman–Crippen MR) is 196 cm³/mol. The lowest BCUT2D eigenvalue weighted by molar-refractivity contribution is -0.168. The van der Waals surface area contributed by atoms with Crippen LogP contribution in [-0.4, -0.2) is 95.3 Å². The van der Waals surface area contributed by atoms with Crippen LogP contribution < -0.4 is 10.6 Å². The number of carbonyl (C=O) groups is 6. The number of hydrogen-bond donors (Lipinski definition) is 2. The number of carbonyl (C=O) groups excluding carboxylic acids is 6. The van der Waals surface area contributed by atoms with Gasteiger partial charge in [-0.3, -0.25) is 19.2 Å². The monoisotopic (exact) mass is 722 g/mol. The van der Waals surface area contributed by atoms with E-state index in [0.29, 0.717) is 32.1 Å². The fourth-order valence-corrected chi connectivity index (χ4v) is 6.86. The van der Waals surface area contributed by atoms with E-state index in [4.69, 9.17) is 15.9 Å². The lowest BCUT2D eigenvalue weighted by Crippen LogP contribution is -2.57. The van der Waals surface area contributed by atoms with Gasteiger partial charge in [0.25, 0.3) is 5.91 Å². The number of nitrogens with zero attached hydrogens (tertiary/aromatic N) is 2. The topological polar surface area (TPSA) is 151 Å². The summed E-state index contributed by atoms with van der Waals surface area (Å²) in [5.41, 5.74) is 0.742. The quantitative estimate of drug-likeness (QED) is 0.223. The Morgan fingerprint density at radius 1 is 0.885 bits per heavy atom. The number of unbranched alkanes of at least 4 members (excludes halogenated alkanes) is 1. The molecule has 12 nitrogen and oxygen atoms in total. The van der Waals surface area contributed by atoms with Crippen LogP contribution in [0.3, 0.4) is 0 Å². The minimum atomic E-state index is -1.30. The Hall–Kier alpha value is -4.40. The van der Waals surface area contributed by atoms with Crippen molar-refractivity contribution in [2.75, 3.05) is 13.6 Å². The molecule has 12 heteroatoms. The van der Waals surface area contributed by atoms with Crippen molar-refractivity contribution in [2.24, 2.45) is 23.7 Å². The SMILES string of the molecule is C#CCCC[C@H]1OC(=O)[C@H]([C@@H](C)CC)NC(=O)C2CCCN2C(=O)[C@H](Cc2ccccc2)OC(=O)[C@H](C(C)C)N(C)C(=O)[C@H](C(C)C)NC(=O)[C@H]1C. The summed E-state index contributed by atoms with van der Waals surface area (Å²) < 4.78 is 12.1. The highest BCUT2D eigenvalue weighted by molar-refractivity contribution is 5.95. The van der Waals surface area contributed by atoms with Crippen LogP contribution in [0.5, 0.6) is 0 Å². The Morgan fingerprint density at radius 2 is 1.54 bits per heavy atom. The van der Waals surface area contributed by atoms with E-state index in [1.165, 1.54) is 16.8 Å². The molecule has 8 atom stereocenters. The van der Waals surface area contributed by atoms with E-state index in [-0.39, 0.29) is 31.2 Å². The zero-order valence-electron chi connectivity index (χ0n) is 32.1. The second kappa shape index (κ2) is 19.4. The molecule has 0 radical (unpaired) electrons. The molecule has 286 valence electrons. The molecule has 2 saturated heterocycles. The van der Waals surface area contributed by atoms with Gasteiger partial charge < -0.3 is 29.9 Å². The van der Waals surface area contributed by atoms with E-state index >= 15 is 0 Å². The molecule has 2 aliphatic heterocycles. The van der Waals surface area contributed by atoms with Crippen molar-refractivity contribution in [1.82, 2.24) is 20.4 Å². The molecule has 0 aromatic heterocycles. The zero-order valence-corrected chi connectivity index (χ0v) is 32.1. The van der Waals surface area contributed by atoms with Crippen molar-refractivity contribution in [2.45, 2.75) is 130 Å². The minimum absolute atomic E-state index is 0.0458. The number of amides is 4. The van der Waals surface area contributed by atoms with Crippen molar-refractivity contribution < 1.29 is 38.2 Å². The van der Waals surface area contributed by atoms with E-state index in [0.717, 1.165) is 5.56 Å². The van der Waals surface area contributed by atoms with Crippen molar-refractivity contribution in [3.63, 3.8) is 0 Å². The molecule has 1 unspecified atom stereocenters. The first kappa shape index (κ1) is 42.0. The number of rotatable bonds is 9. The van der Waals surface area contributed by atoms with Gasteiger partial charge in [0, 0.05) is 26.4 Å². The summed E-state index contributed by atoms with van der Waals surface area (Å²) in [5, 5.41) is 5.72. The number of likely N-dealkylation sites (N-methyl/N-ethyl adjacent to an activating group) is 1. The van der Waals surface area contributed by atoms with Crippen LogP contribution in [0.1, 0.15) is 92.6 Å². The van der Waals surface area contributed by atoms with Crippen molar-refractivity contribution >= 4 is 35.6 Å². The van der Waals surface area contributed by atoms with Crippen LogP contribution in [0, 0.1) is 36.0 Å². The second-order valence-electron chi connectivity index (χ2n) is 14.9. The Bertz CT molecular complexity index is 1460. The molecule has 0 aliphatic carbocycles. The Morgan fingerprint density at radius 3 is 2.13 bits per heavy atom. The van der Waals surface area contributed by atoms with Gasteiger partial charge in [-0.1, -0.05) is 85.2 Å². The third-order valence-electron chi connectivity index (χ3n) is 10.3. The third kappa shape index (κ3) is 10.6. The normalized spacial score (nSPS) is 27.8. The van der Waals surface area contributed by atoms with Crippen LogP contribution in [0.4, 0.5) is 0 Å². The van der Waals surface area contributed by atoms with Crippen LogP contribution in [0.25, 0.3) is 0 Å². The van der Waals surface area contributed by atoms with Gasteiger partial charge in [0.15, 0.2) is 6.10 Å². The second-order valence-corrected chi connectivity index (χ2v) is 14.9. The summed E-state index contributed by atoms with van der Waals surface area (Å²) in [6.07, 6.45) is 5.90. The number of ether oxygens (including phenoxy) is 2. The summed E-state index contributed by atoms with van der Waals surface area (Å²) in [5.74, 6) is -3.02. The largest absolute Gasteiger partial charge is 0.460 e. The van der Waals surface area contributed by atoms with Gasteiger partial charge in [0.1, 0.15) is 30.3 Å². The number of hydrogen-bond acceptors (Lipinski definition) is 8. The van der Waals surface area contributed by atoms with Crippen molar-refractivity contribution in [3.05, 3.63) is 35.9 Å². The van der Waals surface area contributed by atoms with Gasteiger partial charge in [-0.05, 0) is 49.0 Å². The fourth-order valence-electron chi connectivity index (χ4n) is 6.86. The maximum absolute atomic E-state index is 14.3. The Labute approximate surface area is 309 Å². The van der Waals surface area contributed by atoms with Crippen LogP contribution in [0.15, 0.2) is 30.3 Å². The molecule has 2 aliphatic rings. The molecule has 2 N–H and O–H groups in total. The first-order valence-corrected chi connectivity index (χ1v) is 18.7. The van der Waals surface area contributed by atoms with Crippen molar-refractivity contribution in [1.29, 1.82) is 0 Å². The zero-order chi connectivity index (χ0) is 38.7. The number of fused-ring (bicyclic) bond motifs is 1. The van der Waals surface area contributed by atoms with E-state index in [9.17, 15) is 28.8 Å². The number of nitrogens with one attached hydrogen (secondary N) is 2. The maximum atomic E-state index is 14.3. The molecule has 1 aromatic rings. The summed E-state index contributed by atoms with van der Waals surface area (Å²) in [6, 6.07) is 5.00. The average molecular weight is 723 g/mol. The summed E-state index contributed by atoms with van der Waals surface area (Å²) in [6.45, 7) is 12.7. The standard InChI is InChI=1S/C40H58N4O8/c1-10-12-14-21-30-27(8)35(45)41-32(24(3)4)38(48)43(9)34(25(5)6)40(50)52-31(23-28-18-15-13-16-19-28)37(47)44-22-17-20-29(44)36(46)42-33(26(7)11-2)39(49)51-30/h1,13,15-16,18-19,24-27,29-34H,11-12,14,17,20-23H2,2-9H3,(H,41,45)(H,42,46)/t26-,27-,29?,30+,31-,32-,33-,34-/m0/s1. The molecule has 4 amide bonds. The highest BCUT2D eigenvalue weighted by Crippen LogP contribution is 2.25. The molecular formula is C40H58N4O8. The average Bonchev–Trinajstić information content (AvgIpc) is 3.61. The molecule has 3 rings (SSSR count). The number of cyclic esters (lactones) is 2.